The van der Waals surface area contributed by atoms with Gasteiger partial charge in [0.2, 0.25) is 5.88 Å². The highest BCUT2D eigenvalue weighted by atomic mass is 16.6. The van der Waals surface area contributed by atoms with Crippen LogP contribution in [-0.4, -0.2) is 10.1 Å². The topological polar surface area (TPSA) is 95.2 Å². The van der Waals surface area contributed by atoms with Gasteiger partial charge in [0.25, 0.3) is 5.69 Å². The summed E-state index contributed by atoms with van der Waals surface area (Å²) in [6, 6.07) is 5.01. The molecule has 0 radical (unpaired) electrons. The lowest BCUT2D eigenvalue weighted by atomic mass is 9.98. The number of nitrogens with two attached hydrogens (primary N) is 1. The first-order valence-electron chi connectivity index (χ1n) is 6.39. The maximum atomic E-state index is 11.0. The molecule has 0 atom stereocenters. The van der Waals surface area contributed by atoms with E-state index in [-0.39, 0.29) is 11.6 Å². The number of aryl methyl sites for hydroxylation is 1. The predicted molar refractivity (Wildman–Crippen MR) is 76.3 cm³/mol. The lowest BCUT2D eigenvalue weighted by Crippen LogP contribution is -1.99. The number of hydrogen-bond donors (Lipinski definition) is 1. The largest absolute Gasteiger partial charge is 0.367 e. The van der Waals surface area contributed by atoms with Gasteiger partial charge in [0.1, 0.15) is 5.69 Å². The van der Waals surface area contributed by atoms with Crippen molar-refractivity contribution >= 4 is 11.6 Å². The fraction of sp³-hybridized carbons (Fsp3) is 0.357. The van der Waals surface area contributed by atoms with E-state index in [9.17, 15) is 10.1 Å². The molecule has 1 aromatic carbocycles. The maximum Gasteiger partial charge on any atom is 0.272 e. The van der Waals surface area contributed by atoms with E-state index >= 15 is 0 Å². The molecule has 0 bridgehead atoms. The zero-order valence-electron chi connectivity index (χ0n) is 11.7. The molecule has 0 amide bonds. The fourth-order valence-electron chi connectivity index (χ4n) is 2.11. The maximum absolute atomic E-state index is 11.0. The Morgan fingerprint density at radius 3 is 2.75 bits per heavy atom. The summed E-state index contributed by atoms with van der Waals surface area (Å²) < 4.78 is 5.04. The van der Waals surface area contributed by atoms with E-state index in [0.717, 1.165) is 5.56 Å². The van der Waals surface area contributed by atoms with Crippen LogP contribution in [0.25, 0.3) is 11.3 Å². The predicted octanol–water partition coefficient (Wildman–Crippen LogP) is 3.34. The minimum atomic E-state index is -0.398. The summed E-state index contributed by atoms with van der Waals surface area (Å²) in [4.78, 5) is 10.6. The SMILES string of the molecule is Cc1ccc(-c2noc(N)c2CC(C)C)cc1[N+](=O)[O-]. The lowest BCUT2D eigenvalue weighted by Gasteiger charge is -2.06. The smallest absolute Gasteiger partial charge is 0.272 e. The molecule has 0 aliphatic heterocycles. The van der Waals surface area contributed by atoms with Crippen molar-refractivity contribution in [3.63, 3.8) is 0 Å². The Morgan fingerprint density at radius 2 is 2.15 bits per heavy atom. The van der Waals surface area contributed by atoms with Gasteiger partial charge in [-0.2, -0.15) is 0 Å². The van der Waals surface area contributed by atoms with E-state index in [1.807, 2.05) is 0 Å². The minimum absolute atomic E-state index is 0.0690. The number of nitrogen functional groups attached to an aromatic ring is 1. The zero-order chi connectivity index (χ0) is 14.9. The Bertz CT molecular complexity index is 647. The van der Waals surface area contributed by atoms with Crippen LogP contribution in [0.15, 0.2) is 22.7 Å². The van der Waals surface area contributed by atoms with Gasteiger partial charge in [-0.3, -0.25) is 10.1 Å². The number of aromatic nitrogens is 1. The van der Waals surface area contributed by atoms with Gasteiger partial charge in [0.15, 0.2) is 0 Å². The number of anilines is 1. The molecule has 2 rings (SSSR count). The number of hydrogen-bond acceptors (Lipinski definition) is 5. The monoisotopic (exact) mass is 275 g/mol. The molecule has 0 aliphatic carbocycles. The van der Waals surface area contributed by atoms with Gasteiger partial charge >= 0.3 is 0 Å². The summed E-state index contributed by atoms with van der Waals surface area (Å²) in [5.41, 5.74) is 8.51. The summed E-state index contributed by atoms with van der Waals surface area (Å²) >= 11 is 0. The average molecular weight is 275 g/mol. The average Bonchev–Trinajstić information content (AvgIpc) is 2.71. The van der Waals surface area contributed by atoms with Gasteiger partial charge < -0.3 is 10.3 Å². The minimum Gasteiger partial charge on any atom is -0.367 e. The zero-order valence-corrected chi connectivity index (χ0v) is 11.7. The van der Waals surface area contributed by atoms with Crippen molar-refractivity contribution in [1.29, 1.82) is 0 Å². The second-order valence-electron chi connectivity index (χ2n) is 5.23. The molecule has 6 heteroatoms. The third-order valence-corrected chi connectivity index (χ3v) is 3.11. The molecule has 1 aromatic heterocycles. The highest BCUT2D eigenvalue weighted by Gasteiger charge is 2.19. The fourth-order valence-corrected chi connectivity index (χ4v) is 2.11. The van der Waals surface area contributed by atoms with Crippen LogP contribution in [-0.2, 0) is 6.42 Å². The molecule has 2 N–H and O–H groups in total. The van der Waals surface area contributed by atoms with Gasteiger partial charge in [-0.25, -0.2) is 0 Å². The summed E-state index contributed by atoms with van der Waals surface area (Å²) in [6.07, 6.45) is 0.715. The first-order chi connectivity index (χ1) is 9.40. The van der Waals surface area contributed by atoms with Crippen LogP contribution >= 0.6 is 0 Å². The Kier molecular flexibility index (Phi) is 3.74. The van der Waals surface area contributed by atoms with Gasteiger partial charge in [-0.05, 0) is 19.3 Å². The lowest BCUT2D eigenvalue weighted by molar-refractivity contribution is -0.385. The second-order valence-corrected chi connectivity index (χ2v) is 5.23. The van der Waals surface area contributed by atoms with E-state index in [4.69, 9.17) is 10.3 Å². The molecular formula is C14H17N3O3. The third kappa shape index (κ3) is 2.64. The Hall–Kier alpha value is -2.37. The normalized spacial score (nSPS) is 11.0. The van der Waals surface area contributed by atoms with Crippen molar-refractivity contribution in [1.82, 2.24) is 5.16 Å². The molecule has 0 saturated carbocycles. The van der Waals surface area contributed by atoms with Crippen LogP contribution in [0.2, 0.25) is 0 Å². The number of benzene rings is 1. The van der Waals surface area contributed by atoms with E-state index in [2.05, 4.69) is 19.0 Å². The van der Waals surface area contributed by atoms with E-state index < -0.39 is 4.92 Å². The molecule has 1 heterocycles. The molecule has 0 fully saturated rings. The molecule has 20 heavy (non-hydrogen) atoms. The summed E-state index contributed by atoms with van der Waals surface area (Å²) in [7, 11) is 0. The van der Waals surface area contributed by atoms with Gasteiger partial charge in [0.05, 0.1) is 4.92 Å². The number of nitrogens with zero attached hydrogens (tertiary/aromatic N) is 2. The summed E-state index contributed by atoms with van der Waals surface area (Å²) in [5, 5.41) is 15.0. The van der Waals surface area contributed by atoms with Crippen LogP contribution in [0.1, 0.15) is 25.0 Å². The highest BCUT2D eigenvalue weighted by Crippen LogP contribution is 2.32. The van der Waals surface area contributed by atoms with Crippen LogP contribution in [0.3, 0.4) is 0 Å². The molecule has 0 spiro atoms. The van der Waals surface area contributed by atoms with Gasteiger partial charge in [0, 0.05) is 22.8 Å². The van der Waals surface area contributed by atoms with Crippen molar-refractivity contribution < 1.29 is 9.45 Å². The Morgan fingerprint density at radius 1 is 1.45 bits per heavy atom. The van der Waals surface area contributed by atoms with Crippen molar-refractivity contribution in [2.75, 3.05) is 5.73 Å². The van der Waals surface area contributed by atoms with Crippen LogP contribution in [0, 0.1) is 23.0 Å². The van der Waals surface area contributed by atoms with Gasteiger partial charge in [-0.15, -0.1) is 0 Å². The summed E-state index contributed by atoms with van der Waals surface area (Å²) in [6.45, 7) is 5.83. The molecule has 106 valence electrons. The third-order valence-electron chi connectivity index (χ3n) is 3.11. The van der Waals surface area contributed by atoms with Crippen LogP contribution in [0.5, 0.6) is 0 Å². The van der Waals surface area contributed by atoms with Gasteiger partial charge in [-0.1, -0.05) is 31.1 Å². The second kappa shape index (κ2) is 5.32. The standard InChI is InChI=1S/C14H17N3O3/c1-8(2)6-11-13(16-20-14(11)15)10-5-4-9(3)12(7-10)17(18)19/h4-5,7-8H,6,15H2,1-3H3. The summed E-state index contributed by atoms with van der Waals surface area (Å²) in [5.74, 6) is 0.660. The van der Waals surface area contributed by atoms with E-state index in [1.165, 1.54) is 6.07 Å². The Balaban J connectivity index is 2.52. The van der Waals surface area contributed by atoms with E-state index in [0.29, 0.717) is 29.2 Å². The van der Waals surface area contributed by atoms with Crippen molar-refractivity contribution in [3.8, 4) is 11.3 Å². The first-order valence-corrected chi connectivity index (χ1v) is 6.39. The number of rotatable bonds is 4. The molecule has 6 nitrogen and oxygen atoms in total. The van der Waals surface area contributed by atoms with Crippen molar-refractivity contribution in [3.05, 3.63) is 39.4 Å². The van der Waals surface area contributed by atoms with Crippen LogP contribution in [0.4, 0.5) is 11.6 Å². The molecule has 0 saturated heterocycles. The molecule has 2 aromatic rings. The van der Waals surface area contributed by atoms with Crippen LogP contribution < -0.4 is 5.73 Å². The first kappa shape index (κ1) is 14.0. The molecule has 0 unspecified atom stereocenters. The van der Waals surface area contributed by atoms with E-state index in [1.54, 1.807) is 19.1 Å². The number of nitro benzene ring substituents is 1. The quantitative estimate of drug-likeness (QED) is 0.682. The number of nitro groups is 1. The van der Waals surface area contributed by atoms with Crippen molar-refractivity contribution in [2.45, 2.75) is 27.2 Å². The Labute approximate surface area is 116 Å². The highest BCUT2D eigenvalue weighted by molar-refractivity contribution is 5.70. The molecule has 0 aliphatic rings. The van der Waals surface area contributed by atoms with Crippen molar-refractivity contribution in [2.24, 2.45) is 5.92 Å². The molecular weight excluding hydrogens is 258 g/mol.